The SMILES string of the molecule is CN=C(NCc1ccc(Oc2cccnc2)c(F)c1)N1CCC(C)C(n2ccnc2)C1.I. The van der Waals surface area contributed by atoms with Gasteiger partial charge in [-0.3, -0.25) is 9.98 Å². The Labute approximate surface area is 204 Å². The number of rotatable bonds is 5. The lowest BCUT2D eigenvalue weighted by atomic mass is 9.93. The zero-order valence-corrected chi connectivity index (χ0v) is 20.5. The van der Waals surface area contributed by atoms with Gasteiger partial charge in [-0.1, -0.05) is 13.0 Å². The Bertz CT molecular complexity index is 1010. The van der Waals surface area contributed by atoms with Crippen molar-refractivity contribution in [1.82, 2.24) is 24.8 Å². The highest BCUT2D eigenvalue weighted by atomic mass is 127. The van der Waals surface area contributed by atoms with E-state index in [0.717, 1.165) is 31.0 Å². The quantitative estimate of drug-likeness (QED) is 0.288. The van der Waals surface area contributed by atoms with Gasteiger partial charge in [-0.2, -0.15) is 0 Å². The van der Waals surface area contributed by atoms with Crippen molar-refractivity contribution >= 4 is 29.9 Å². The molecule has 1 fully saturated rings. The van der Waals surface area contributed by atoms with Gasteiger partial charge in [0.2, 0.25) is 0 Å². The van der Waals surface area contributed by atoms with E-state index in [-0.39, 0.29) is 29.7 Å². The fourth-order valence-corrected chi connectivity index (χ4v) is 3.88. The first-order valence-corrected chi connectivity index (χ1v) is 10.4. The number of benzene rings is 1. The summed E-state index contributed by atoms with van der Waals surface area (Å²) in [6.45, 7) is 4.52. The van der Waals surface area contributed by atoms with Crippen LogP contribution >= 0.6 is 24.0 Å². The lowest BCUT2D eigenvalue weighted by molar-refractivity contribution is 0.189. The summed E-state index contributed by atoms with van der Waals surface area (Å²) in [7, 11) is 1.78. The fraction of sp³-hybridized carbons (Fsp3) is 0.348. The molecule has 0 aliphatic carbocycles. The molecule has 2 unspecified atom stereocenters. The van der Waals surface area contributed by atoms with E-state index in [0.29, 0.717) is 24.3 Å². The largest absolute Gasteiger partial charge is 0.453 e. The number of imidazole rings is 1. The second-order valence-corrected chi connectivity index (χ2v) is 7.75. The molecule has 0 radical (unpaired) electrons. The van der Waals surface area contributed by atoms with Gasteiger partial charge in [0.1, 0.15) is 5.75 Å². The highest BCUT2D eigenvalue weighted by Crippen LogP contribution is 2.28. The van der Waals surface area contributed by atoms with Crippen molar-refractivity contribution in [2.45, 2.75) is 25.9 Å². The van der Waals surface area contributed by atoms with Gasteiger partial charge in [0.25, 0.3) is 0 Å². The summed E-state index contributed by atoms with van der Waals surface area (Å²) >= 11 is 0. The topological polar surface area (TPSA) is 67.6 Å². The van der Waals surface area contributed by atoms with Crippen LogP contribution < -0.4 is 10.1 Å². The smallest absolute Gasteiger partial charge is 0.193 e. The molecule has 9 heteroatoms. The van der Waals surface area contributed by atoms with E-state index in [1.807, 2.05) is 24.8 Å². The standard InChI is InChI=1S/C23H27FN6O.HI/c1-17-7-10-29(15-21(17)30-11-9-27-16-30)23(25-2)28-13-18-5-6-22(20(24)12-18)31-19-4-3-8-26-14-19;/h3-6,8-9,11-12,14,16-17,21H,7,10,13,15H2,1-2H3,(H,25,28);1H. The maximum Gasteiger partial charge on any atom is 0.193 e. The fourth-order valence-electron chi connectivity index (χ4n) is 3.88. The van der Waals surface area contributed by atoms with E-state index in [4.69, 9.17) is 4.74 Å². The van der Waals surface area contributed by atoms with Crippen molar-refractivity contribution in [3.63, 3.8) is 0 Å². The van der Waals surface area contributed by atoms with Crippen LogP contribution in [0, 0.1) is 11.7 Å². The normalized spacial score (nSPS) is 18.7. The molecule has 2 aromatic heterocycles. The summed E-state index contributed by atoms with van der Waals surface area (Å²) in [6.07, 6.45) is 9.96. The van der Waals surface area contributed by atoms with Crippen LogP contribution in [0.25, 0.3) is 0 Å². The van der Waals surface area contributed by atoms with E-state index in [9.17, 15) is 4.39 Å². The van der Waals surface area contributed by atoms with Crippen molar-refractivity contribution in [3.8, 4) is 11.5 Å². The van der Waals surface area contributed by atoms with E-state index >= 15 is 0 Å². The van der Waals surface area contributed by atoms with Crippen LogP contribution in [0.5, 0.6) is 11.5 Å². The molecule has 7 nitrogen and oxygen atoms in total. The number of ether oxygens (including phenoxy) is 1. The first-order chi connectivity index (χ1) is 15.1. The summed E-state index contributed by atoms with van der Waals surface area (Å²) in [5.74, 6) is 1.64. The Morgan fingerprint density at radius 2 is 2.16 bits per heavy atom. The number of pyridine rings is 1. The Morgan fingerprint density at radius 3 is 2.84 bits per heavy atom. The highest BCUT2D eigenvalue weighted by Gasteiger charge is 2.28. The number of nitrogens with zero attached hydrogens (tertiary/aromatic N) is 5. The van der Waals surface area contributed by atoms with Gasteiger partial charge in [0.15, 0.2) is 17.5 Å². The molecule has 3 heterocycles. The predicted octanol–water partition coefficient (Wildman–Crippen LogP) is 4.49. The summed E-state index contributed by atoms with van der Waals surface area (Å²) in [5, 5.41) is 3.37. The maximum atomic E-state index is 14.5. The number of likely N-dealkylation sites (tertiary alicyclic amines) is 1. The predicted molar refractivity (Wildman–Crippen MR) is 133 cm³/mol. The van der Waals surface area contributed by atoms with E-state index in [1.165, 1.54) is 6.07 Å². The molecule has 1 aliphatic heterocycles. The molecule has 1 aromatic carbocycles. The number of piperidine rings is 1. The van der Waals surface area contributed by atoms with Crippen molar-refractivity contribution in [2.75, 3.05) is 20.1 Å². The van der Waals surface area contributed by atoms with Crippen molar-refractivity contribution < 1.29 is 9.13 Å². The molecular formula is C23H28FIN6O. The summed E-state index contributed by atoms with van der Waals surface area (Å²) in [4.78, 5) is 14.9. The molecule has 0 spiro atoms. The maximum absolute atomic E-state index is 14.5. The van der Waals surface area contributed by atoms with E-state index in [2.05, 4.69) is 36.7 Å². The molecule has 0 saturated carbocycles. The molecule has 32 heavy (non-hydrogen) atoms. The first-order valence-electron chi connectivity index (χ1n) is 10.4. The molecule has 170 valence electrons. The molecule has 0 amide bonds. The third-order valence-electron chi connectivity index (χ3n) is 5.65. The van der Waals surface area contributed by atoms with Crippen LogP contribution in [0.1, 0.15) is 24.9 Å². The lowest BCUT2D eigenvalue weighted by Gasteiger charge is -2.39. The number of guanidine groups is 1. The summed E-state index contributed by atoms with van der Waals surface area (Å²) < 4.78 is 22.3. The van der Waals surface area contributed by atoms with Crippen LogP contribution in [0.15, 0.2) is 66.4 Å². The minimum Gasteiger partial charge on any atom is -0.453 e. The molecule has 2 atom stereocenters. The number of hydrogen-bond acceptors (Lipinski definition) is 4. The first kappa shape index (κ1) is 24.0. The minimum atomic E-state index is -0.412. The molecule has 3 aromatic rings. The van der Waals surface area contributed by atoms with Gasteiger partial charge in [-0.25, -0.2) is 9.37 Å². The highest BCUT2D eigenvalue weighted by molar-refractivity contribution is 14.0. The minimum absolute atomic E-state index is 0. The average Bonchev–Trinajstić information content (AvgIpc) is 3.32. The third kappa shape index (κ3) is 5.76. The van der Waals surface area contributed by atoms with Crippen molar-refractivity contribution in [1.29, 1.82) is 0 Å². The lowest BCUT2D eigenvalue weighted by Crippen LogP contribution is -2.48. The zero-order valence-electron chi connectivity index (χ0n) is 18.2. The molecule has 1 aliphatic rings. The van der Waals surface area contributed by atoms with Crippen LogP contribution in [0.2, 0.25) is 0 Å². The van der Waals surface area contributed by atoms with Crippen molar-refractivity contribution in [3.05, 3.63) is 72.8 Å². The third-order valence-corrected chi connectivity index (χ3v) is 5.65. The van der Waals surface area contributed by atoms with Gasteiger partial charge in [-0.15, -0.1) is 24.0 Å². The average molecular weight is 550 g/mol. The van der Waals surface area contributed by atoms with Gasteiger partial charge < -0.3 is 19.5 Å². The summed E-state index contributed by atoms with van der Waals surface area (Å²) in [6, 6.07) is 8.80. The van der Waals surface area contributed by atoms with Crippen LogP contribution in [0.3, 0.4) is 0 Å². The van der Waals surface area contributed by atoms with Crippen molar-refractivity contribution in [2.24, 2.45) is 10.9 Å². The Balaban J connectivity index is 0.00000289. The molecule has 0 bridgehead atoms. The van der Waals surface area contributed by atoms with Gasteiger partial charge in [0.05, 0.1) is 18.6 Å². The van der Waals surface area contributed by atoms with Crippen LogP contribution in [-0.4, -0.2) is 45.5 Å². The Morgan fingerprint density at radius 1 is 1.28 bits per heavy atom. The Kier molecular flexibility index (Phi) is 8.43. The monoisotopic (exact) mass is 550 g/mol. The molecule has 4 rings (SSSR count). The van der Waals surface area contributed by atoms with Gasteiger partial charge >= 0.3 is 0 Å². The van der Waals surface area contributed by atoms with Gasteiger partial charge in [-0.05, 0) is 42.2 Å². The molecule has 1 saturated heterocycles. The number of aromatic nitrogens is 3. The summed E-state index contributed by atoms with van der Waals surface area (Å²) in [5.41, 5.74) is 0.814. The second-order valence-electron chi connectivity index (χ2n) is 7.75. The van der Waals surface area contributed by atoms with Crippen LogP contribution in [0.4, 0.5) is 4.39 Å². The molecular weight excluding hydrogens is 522 g/mol. The van der Waals surface area contributed by atoms with Gasteiger partial charge in [0, 0.05) is 45.3 Å². The van der Waals surface area contributed by atoms with E-state index < -0.39 is 5.82 Å². The number of nitrogens with one attached hydrogen (secondary N) is 1. The number of aliphatic imine (C=N–C) groups is 1. The second kappa shape index (κ2) is 11.3. The number of hydrogen-bond donors (Lipinski definition) is 1. The van der Waals surface area contributed by atoms with Crippen LogP contribution in [-0.2, 0) is 6.54 Å². The van der Waals surface area contributed by atoms with E-state index in [1.54, 1.807) is 37.6 Å². The molecule has 1 N–H and O–H groups in total. The number of halogens is 2. The zero-order chi connectivity index (χ0) is 21.6. The Hall–Kier alpha value is -2.69.